The highest BCUT2D eigenvalue weighted by molar-refractivity contribution is 7.18. The van der Waals surface area contributed by atoms with Gasteiger partial charge in [0, 0.05) is 7.05 Å². The number of nitrogens with one attached hydrogen (secondary N) is 2. The molecule has 31 heavy (non-hydrogen) atoms. The lowest BCUT2D eigenvalue weighted by Crippen LogP contribution is -2.21. The first-order valence-electron chi connectivity index (χ1n) is 10.2. The molecule has 168 valence electrons. The van der Waals surface area contributed by atoms with Gasteiger partial charge < -0.3 is 20.1 Å². The maximum Gasteiger partial charge on any atom is 0.341 e. The first-order chi connectivity index (χ1) is 14.6. The van der Waals surface area contributed by atoms with E-state index in [1.54, 1.807) is 13.8 Å². The minimum atomic E-state index is -0.586. The van der Waals surface area contributed by atoms with Crippen molar-refractivity contribution in [2.45, 2.75) is 46.5 Å². The smallest absolute Gasteiger partial charge is 0.341 e. The zero-order valence-corrected chi connectivity index (χ0v) is 19.7. The fourth-order valence-electron chi connectivity index (χ4n) is 2.90. The normalized spacial score (nSPS) is 11.0. The van der Waals surface area contributed by atoms with Gasteiger partial charge in [-0.2, -0.15) is 0 Å². The second-order valence-electron chi connectivity index (χ2n) is 7.66. The van der Waals surface area contributed by atoms with Gasteiger partial charge in [0.15, 0.2) is 6.61 Å². The van der Waals surface area contributed by atoms with Crippen molar-refractivity contribution in [2.24, 2.45) is 0 Å². The third-order valence-corrected chi connectivity index (χ3v) is 6.41. The lowest BCUT2D eigenvalue weighted by atomic mass is 9.82. The highest BCUT2D eigenvalue weighted by atomic mass is 32.1. The van der Waals surface area contributed by atoms with Crippen LogP contribution in [0.25, 0.3) is 0 Å². The Hall–Kier alpha value is -2.87. The van der Waals surface area contributed by atoms with Crippen LogP contribution in [0, 0.1) is 6.92 Å². The largest absolute Gasteiger partial charge is 0.484 e. The quantitative estimate of drug-likeness (QED) is 0.560. The summed E-state index contributed by atoms with van der Waals surface area (Å²) in [5.41, 5.74) is 1.92. The van der Waals surface area contributed by atoms with Crippen LogP contribution in [0.5, 0.6) is 5.75 Å². The van der Waals surface area contributed by atoms with E-state index in [1.165, 1.54) is 12.6 Å². The minimum absolute atomic E-state index is 0.0684. The van der Waals surface area contributed by atoms with Crippen LogP contribution in [0.3, 0.4) is 0 Å². The van der Waals surface area contributed by atoms with Crippen LogP contribution in [0.4, 0.5) is 5.00 Å². The number of hydrogen-bond donors (Lipinski definition) is 2. The molecule has 0 unspecified atom stereocenters. The lowest BCUT2D eigenvalue weighted by Gasteiger charge is -2.23. The van der Waals surface area contributed by atoms with E-state index in [0.29, 0.717) is 16.2 Å². The first-order valence-corrected chi connectivity index (χ1v) is 11.0. The molecule has 0 aliphatic heterocycles. The van der Waals surface area contributed by atoms with Gasteiger partial charge in [-0.05, 0) is 48.9 Å². The average Bonchev–Trinajstić information content (AvgIpc) is 3.07. The molecule has 0 fully saturated rings. The summed E-state index contributed by atoms with van der Waals surface area (Å²) in [5.74, 6) is -0.783. The number of amides is 2. The summed E-state index contributed by atoms with van der Waals surface area (Å²) < 4.78 is 10.7. The molecule has 7 nitrogen and oxygen atoms in total. The minimum Gasteiger partial charge on any atom is -0.484 e. The van der Waals surface area contributed by atoms with Gasteiger partial charge in [-0.3, -0.25) is 9.59 Å². The number of esters is 1. The summed E-state index contributed by atoms with van der Waals surface area (Å²) in [6.45, 7) is 9.79. The fourth-order valence-corrected chi connectivity index (χ4v) is 4.06. The van der Waals surface area contributed by atoms with Crippen LogP contribution in [0.1, 0.15) is 65.3 Å². The number of hydrogen-bond acceptors (Lipinski definition) is 6. The van der Waals surface area contributed by atoms with Crippen molar-refractivity contribution >= 4 is 34.1 Å². The zero-order chi connectivity index (χ0) is 23.2. The standard InChI is InChI=1S/C23H30N2O5S/c1-7-23(4,5)15-9-11-16(12-10-15)30-13-17(26)25-21-18(22(28)29-8-2)14(3)19(31-21)20(27)24-6/h9-12H,7-8,13H2,1-6H3,(H,24,27)(H,25,26). The molecule has 1 aromatic heterocycles. The highest BCUT2D eigenvalue weighted by Crippen LogP contribution is 2.34. The summed E-state index contributed by atoms with van der Waals surface area (Å²) in [7, 11) is 1.50. The molecular formula is C23H30N2O5S. The molecule has 0 saturated heterocycles. The Morgan fingerprint density at radius 3 is 2.29 bits per heavy atom. The molecule has 0 radical (unpaired) electrons. The Morgan fingerprint density at radius 1 is 1.10 bits per heavy atom. The summed E-state index contributed by atoms with van der Waals surface area (Å²) in [4.78, 5) is 37.3. The number of carbonyl (C=O) groups excluding carboxylic acids is 3. The number of rotatable bonds is 9. The number of anilines is 1. The van der Waals surface area contributed by atoms with E-state index in [2.05, 4.69) is 31.4 Å². The Morgan fingerprint density at radius 2 is 1.74 bits per heavy atom. The topological polar surface area (TPSA) is 93.7 Å². The molecule has 0 aliphatic rings. The van der Waals surface area contributed by atoms with Crippen molar-refractivity contribution in [1.29, 1.82) is 0 Å². The Bertz CT molecular complexity index is 948. The van der Waals surface area contributed by atoms with Crippen LogP contribution < -0.4 is 15.4 Å². The third-order valence-electron chi connectivity index (χ3n) is 5.20. The molecular weight excluding hydrogens is 416 g/mol. The molecule has 0 spiro atoms. The molecule has 0 bridgehead atoms. The van der Waals surface area contributed by atoms with Gasteiger partial charge in [-0.15, -0.1) is 11.3 Å². The predicted octanol–water partition coefficient (Wildman–Crippen LogP) is 4.30. The molecule has 1 aromatic carbocycles. The van der Waals surface area contributed by atoms with Gasteiger partial charge in [0.2, 0.25) is 0 Å². The number of thiophene rings is 1. The van der Waals surface area contributed by atoms with E-state index < -0.39 is 11.9 Å². The Balaban J connectivity index is 2.12. The maximum absolute atomic E-state index is 12.5. The molecule has 0 saturated carbocycles. The first kappa shape index (κ1) is 24.4. The molecule has 0 atom stereocenters. The van der Waals surface area contributed by atoms with Crippen LogP contribution >= 0.6 is 11.3 Å². The summed E-state index contributed by atoms with van der Waals surface area (Å²) in [5, 5.41) is 5.48. The summed E-state index contributed by atoms with van der Waals surface area (Å²) in [6.07, 6.45) is 1.01. The zero-order valence-electron chi connectivity index (χ0n) is 18.9. The van der Waals surface area contributed by atoms with E-state index in [0.717, 1.165) is 17.8 Å². The van der Waals surface area contributed by atoms with E-state index in [9.17, 15) is 14.4 Å². The van der Waals surface area contributed by atoms with Gasteiger partial charge in [-0.25, -0.2) is 4.79 Å². The number of carbonyl (C=O) groups is 3. The summed E-state index contributed by atoms with van der Waals surface area (Å²) in [6, 6.07) is 7.66. The molecule has 2 rings (SSSR count). The van der Waals surface area contributed by atoms with Crippen molar-refractivity contribution in [3.8, 4) is 5.75 Å². The highest BCUT2D eigenvalue weighted by Gasteiger charge is 2.26. The van der Waals surface area contributed by atoms with Crippen molar-refractivity contribution < 1.29 is 23.9 Å². The fraction of sp³-hybridized carbons (Fsp3) is 0.435. The lowest BCUT2D eigenvalue weighted by molar-refractivity contribution is -0.118. The predicted molar refractivity (Wildman–Crippen MR) is 122 cm³/mol. The van der Waals surface area contributed by atoms with Gasteiger partial charge in [0.25, 0.3) is 11.8 Å². The Kier molecular flexibility index (Phi) is 8.21. The van der Waals surface area contributed by atoms with Crippen LogP contribution in [0.2, 0.25) is 0 Å². The van der Waals surface area contributed by atoms with E-state index in [1.807, 2.05) is 24.3 Å². The van der Waals surface area contributed by atoms with Crippen molar-refractivity contribution in [1.82, 2.24) is 5.32 Å². The van der Waals surface area contributed by atoms with Crippen molar-refractivity contribution in [3.05, 3.63) is 45.8 Å². The molecule has 0 aliphatic carbocycles. The Labute approximate surface area is 187 Å². The number of benzene rings is 1. The van der Waals surface area contributed by atoms with Crippen molar-refractivity contribution in [2.75, 3.05) is 25.6 Å². The van der Waals surface area contributed by atoms with Gasteiger partial charge in [0.1, 0.15) is 10.8 Å². The van der Waals surface area contributed by atoms with E-state index in [4.69, 9.17) is 9.47 Å². The SMILES string of the molecule is CCOC(=O)c1c(NC(=O)COc2ccc(C(C)(C)CC)cc2)sc(C(=O)NC)c1C. The maximum atomic E-state index is 12.5. The van der Waals surface area contributed by atoms with Crippen LogP contribution in [-0.2, 0) is 14.9 Å². The van der Waals surface area contributed by atoms with Gasteiger partial charge in [0.05, 0.1) is 17.0 Å². The second kappa shape index (κ2) is 10.4. The average molecular weight is 447 g/mol. The van der Waals surface area contributed by atoms with Crippen molar-refractivity contribution in [3.63, 3.8) is 0 Å². The second-order valence-corrected chi connectivity index (χ2v) is 8.68. The number of ether oxygens (including phenoxy) is 2. The molecule has 1 heterocycles. The van der Waals surface area contributed by atoms with Gasteiger partial charge >= 0.3 is 5.97 Å². The van der Waals surface area contributed by atoms with Crippen LogP contribution in [0.15, 0.2) is 24.3 Å². The van der Waals surface area contributed by atoms with E-state index in [-0.39, 0.29) is 35.1 Å². The third kappa shape index (κ3) is 5.85. The molecule has 2 aromatic rings. The van der Waals surface area contributed by atoms with Crippen LogP contribution in [-0.4, -0.2) is 38.0 Å². The molecule has 2 amide bonds. The monoisotopic (exact) mass is 446 g/mol. The summed E-state index contributed by atoms with van der Waals surface area (Å²) >= 11 is 1.03. The molecule has 8 heteroatoms. The van der Waals surface area contributed by atoms with Gasteiger partial charge in [-0.1, -0.05) is 32.9 Å². The van der Waals surface area contributed by atoms with E-state index >= 15 is 0 Å². The molecule has 2 N–H and O–H groups in total.